The minimum atomic E-state index is 0.645. The fraction of sp³-hybridized carbons (Fsp3) is 0.182. The summed E-state index contributed by atoms with van der Waals surface area (Å²) in [5.74, 6) is 0.826. The second-order valence-electron chi connectivity index (χ2n) is 5.92. The lowest BCUT2D eigenvalue weighted by Crippen LogP contribution is -1.94. The van der Waals surface area contributed by atoms with Crippen LogP contribution < -0.4 is 10.1 Å². The van der Waals surface area contributed by atoms with E-state index in [0.717, 1.165) is 40.7 Å². The maximum atomic E-state index is 5.41. The second-order valence-corrected chi connectivity index (χ2v) is 5.92. The summed E-state index contributed by atoms with van der Waals surface area (Å²) in [4.78, 5) is 0. The van der Waals surface area contributed by atoms with Gasteiger partial charge in [-0.25, -0.2) is 0 Å². The molecule has 0 saturated carbocycles. The van der Waals surface area contributed by atoms with Crippen molar-refractivity contribution in [3.63, 3.8) is 0 Å². The van der Waals surface area contributed by atoms with E-state index in [4.69, 9.17) is 4.74 Å². The molecule has 0 radical (unpaired) electrons. The third kappa shape index (κ3) is 5.74. The first-order chi connectivity index (χ1) is 13.8. The molecule has 0 unspecified atom stereocenters. The van der Waals surface area contributed by atoms with Gasteiger partial charge in [-0.15, -0.1) is 0 Å². The van der Waals surface area contributed by atoms with E-state index >= 15 is 0 Å². The fourth-order valence-corrected chi connectivity index (χ4v) is 2.44. The monoisotopic (exact) mass is 373 g/mol. The predicted octanol–water partition coefficient (Wildman–Crippen LogP) is 7.35. The zero-order valence-corrected chi connectivity index (χ0v) is 16.0. The summed E-state index contributed by atoms with van der Waals surface area (Å²) in [6, 6.07) is 22.8. The molecule has 0 bridgehead atoms. The zero-order chi connectivity index (χ0) is 19.6. The van der Waals surface area contributed by atoms with Crippen LogP contribution >= 0.6 is 0 Å². The van der Waals surface area contributed by atoms with E-state index in [1.165, 1.54) is 0 Å². The Kier molecular flexibility index (Phi) is 6.84. The molecule has 28 heavy (non-hydrogen) atoms. The van der Waals surface area contributed by atoms with Gasteiger partial charge in [-0.05, 0) is 86.6 Å². The molecule has 3 aromatic rings. The van der Waals surface area contributed by atoms with Gasteiger partial charge in [0, 0.05) is 12.2 Å². The van der Waals surface area contributed by atoms with Gasteiger partial charge in [0.1, 0.15) is 5.75 Å². The molecule has 0 amide bonds. The van der Waals surface area contributed by atoms with Crippen molar-refractivity contribution in [1.82, 2.24) is 0 Å². The topological polar surface area (TPSA) is 70.7 Å². The number of rotatable bonds is 8. The van der Waals surface area contributed by atoms with Crippen molar-refractivity contribution >= 4 is 28.4 Å². The van der Waals surface area contributed by atoms with Gasteiger partial charge in [-0.2, -0.15) is 20.5 Å². The van der Waals surface area contributed by atoms with Gasteiger partial charge in [0.05, 0.1) is 29.4 Å². The van der Waals surface area contributed by atoms with Crippen LogP contribution in [0.4, 0.5) is 28.4 Å². The van der Waals surface area contributed by atoms with Crippen LogP contribution in [-0.4, -0.2) is 13.2 Å². The van der Waals surface area contributed by atoms with Crippen molar-refractivity contribution in [2.75, 3.05) is 18.5 Å². The highest BCUT2D eigenvalue weighted by Gasteiger charge is 1.96. The van der Waals surface area contributed by atoms with Gasteiger partial charge in [-0.3, -0.25) is 0 Å². The highest BCUT2D eigenvalue weighted by molar-refractivity contribution is 5.52. The summed E-state index contributed by atoms with van der Waals surface area (Å²) in [5.41, 5.74) is 4.16. The van der Waals surface area contributed by atoms with E-state index in [-0.39, 0.29) is 0 Å². The summed E-state index contributed by atoms with van der Waals surface area (Å²) in [6.45, 7) is 5.56. The number of anilines is 1. The maximum Gasteiger partial charge on any atom is 0.119 e. The van der Waals surface area contributed by atoms with E-state index in [9.17, 15) is 0 Å². The van der Waals surface area contributed by atoms with E-state index in [1.54, 1.807) is 0 Å². The molecular formula is C22H23N5O. The van der Waals surface area contributed by atoms with Crippen LogP contribution in [0.15, 0.2) is 93.3 Å². The number of hydrogen-bond donors (Lipinski definition) is 1. The molecule has 3 rings (SSSR count). The van der Waals surface area contributed by atoms with Gasteiger partial charge in [0.2, 0.25) is 0 Å². The molecular weight excluding hydrogens is 350 g/mol. The Labute approximate surface area is 165 Å². The first-order valence-corrected chi connectivity index (χ1v) is 9.27. The number of azo groups is 2. The van der Waals surface area contributed by atoms with Crippen LogP contribution in [0.25, 0.3) is 0 Å². The summed E-state index contributed by atoms with van der Waals surface area (Å²) < 4.78 is 5.41. The summed E-state index contributed by atoms with van der Waals surface area (Å²) in [7, 11) is 0. The van der Waals surface area contributed by atoms with Crippen molar-refractivity contribution in [1.29, 1.82) is 0 Å². The largest absolute Gasteiger partial charge is 0.494 e. The Morgan fingerprint density at radius 1 is 0.607 bits per heavy atom. The Morgan fingerprint density at radius 2 is 1.00 bits per heavy atom. The average Bonchev–Trinajstić information content (AvgIpc) is 2.74. The minimum absolute atomic E-state index is 0.645. The molecule has 1 N–H and O–H groups in total. The average molecular weight is 373 g/mol. The first-order valence-electron chi connectivity index (χ1n) is 9.27. The molecule has 0 atom stereocenters. The number of nitrogens with one attached hydrogen (secondary N) is 1. The third-order valence-electron chi connectivity index (χ3n) is 3.81. The van der Waals surface area contributed by atoms with Gasteiger partial charge in [0.25, 0.3) is 0 Å². The van der Waals surface area contributed by atoms with Crippen molar-refractivity contribution in [3.8, 4) is 5.75 Å². The van der Waals surface area contributed by atoms with E-state index < -0.39 is 0 Å². The lowest BCUT2D eigenvalue weighted by atomic mass is 10.3. The van der Waals surface area contributed by atoms with Crippen molar-refractivity contribution in [2.24, 2.45) is 20.5 Å². The normalized spacial score (nSPS) is 11.2. The molecule has 0 spiro atoms. The van der Waals surface area contributed by atoms with Crippen molar-refractivity contribution < 1.29 is 4.74 Å². The van der Waals surface area contributed by atoms with Crippen LogP contribution in [0, 0.1) is 0 Å². The molecule has 6 heteroatoms. The molecule has 0 fully saturated rings. The second kappa shape index (κ2) is 9.97. The SMILES string of the molecule is CCNc1ccc(N=Nc2ccc(N=Nc3ccc(OCC)cc3)cc2)cc1. The molecule has 3 aromatic carbocycles. The molecule has 0 saturated heterocycles. The Morgan fingerprint density at radius 3 is 1.39 bits per heavy atom. The van der Waals surface area contributed by atoms with Crippen LogP contribution in [0.1, 0.15) is 13.8 Å². The van der Waals surface area contributed by atoms with Crippen LogP contribution in [0.5, 0.6) is 5.75 Å². The Balaban J connectivity index is 1.59. The highest BCUT2D eigenvalue weighted by Crippen LogP contribution is 2.25. The van der Waals surface area contributed by atoms with Crippen LogP contribution in [-0.2, 0) is 0 Å². The Bertz CT molecular complexity index is 838. The molecule has 0 aromatic heterocycles. The quantitative estimate of drug-likeness (QED) is 0.419. The number of nitrogens with zero attached hydrogens (tertiary/aromatic N) is 4. The van der Waals surface area contributed by atoms with Crippen LogP contribution in [0.3, 0.4) is 0 Å². The molecule has 0 aliphatic carbocycles. The molecule has 142 valence electrons. The van der Waals surface area contributed by atoms with Gasteiger partial charge >= 0.3 is 0 Å². The minimum Gasteiger partial charge on any atom is -0.494 e. The van der Waals surface area contributed by atoms with Crippen molar-refractivity contribution in [3.05, 3.63) is 72.8 Å². The standard InChI is InChI=1S/C22H23N5O/c1-3-23-17-5-7-18(8-6-17)24-25-19-9-11-20(12-10-19)26-27-21-13-15-22(16-14-21)28-4-2/h5-16,23H,3-4H2,1-2H3. The lowest BCUT2D eigenvalue weighted by molar-refractivity contribution is 0.340. The summed E-state index contributed by atoms with van der Waals surface area (Å²) in [6.07, 6.45) is 0. The number of hydrogen-bond acceptors (Lipinski definition) is 6. The highest BCUT2D eigenvalue weighted by atomic mass is 16.5. The Hall–Kier alpha value is -3.54. The summed E-state index contributed by atoms with van der Waals surface area (Å²) in [5, 5.41) is 20.2. The van der Waals surface area contributed by atoms with Crippen LogP contribution in [0.2, 0.25) is 0 Å². The van der Waals surface area contributed by atoms with Gasteiger partial charge in [-0.1, -0.05) is 0 Å². The molecule has 6 nitrogen and oxygen atoms in total. The fourth-order valence-electron chi connectivity index (χ4n) is 2.44. The van der Waals surface area contributed by atoms with E-state index in [0.29, 0.717) is 6.61 Å². The third-order valence-corrected chi connectivity index (χ3v) is 3.81. The predicted molar refractivity (Wildman–Crippen MR) is 113 cm³/mol. The lowest BCUT2D eigenvalue weighted by Gasteiger charge is -2.02. The van der Waals surface area contributed by atoms with E-state index in [1.807, 2.05) is 79.7 Å². The van der Waals surface area contributed by atoms with Gasteiger partial charge < -0.3 is 10.1 Å². The van der Waals surface area contributed by atoms with Crippen molar-refractivity contribution in [2.45, 2.75) is 13.8 Å². The maximum absolute atomic E-state index is 5.41. The zero-order valence-electron chi connectivity index (χ0n) is 16.0. The smallest absolute Gasteiger partial charge is 0.119 e. The van der Waals surface area contributed by atoms with E-state index in [2.05, 4.69) is 32.7 Å². The van der Waals surface area contributed by atoms with Gasteiger partial charge in [0.15, 0.2) is 0 Å². The molecule has 0 aliphatic heterocycles. The number of ether oxygens (including phenoxy) is 1. The molecule has 0 aliphatic rings. The number of benzene rings is 3. The summed E-state index contributed by atoms with van der Waals surface area (Å²) >= 11 is 0. The molecule has 0 heterocycles. The first kappa shape index (κ1) is 19.2.